The molecule has 10 nitrogen and oxygen atoms in total. The van der Waals surface area contributed by atoms with E-state index < -0.39 is 48.2 Å². The molecule has 0 bridgehead atoms. The van der Waals surface area contributed by atoms with E-state index in [1.165, 1.54) is 12.0 Å². The van der Waals surface area contributed by atoms with Gasteiger partial charge in [-0.15, -0.1) is 0 Å². The number of methoxy groups -OCH3 is 1. The van der Waals surface area contributed by atoms with Crippen LogP contribution in [0, 0.1) is 13.8 Å². The first-order valence-corrected chi connectivity index (χ1v) is 12.7. The highest BCUT2D eigenvalue weighted by Gasteiger charge is 2.36. The molecule has 10 heteroatoms. The second-order valence-electron chi connectivity index (χ2n) is 10.0. The van der Waals surface area contributed by atoms with E-state index in [4.69, 9.17) is 4.74 Å². The van der Waals surface area contributed by atoms with Crippen molar-refractivity contribution in [2.75, 3.05) is 26.8 Å². The third kappa shape index (κ3) is 10.8. The SMILES string of the molecule is CCCCCCN(C(=O)C(CO)NC(=O)OC(C)(C)C)C(C(=O)NCC(=O)OC)c1ccc(C)cc1C. The van der Waals surface area contributed by atoms with Crippen LogP contribution >= 0.6 is 0 Å². The molecule has 3 amide bonds. The molecule has 0 saturated carbocycles. The monoisotopic (exact) mass is 521 g/mol. The van der Waals surface area contributed by atoms with Crippen LogP contribution in [0.5, 0.6) is 0 Å². The van der Waals surface area contributed by atoms with E-state index in [0.717, 1.165) is 30.4 Å². The second kappa shape index (κ2) is 15.2. The molecular formula is C27H43N3O7. The number of carbonyl (C=O) groups is 4. The van der Waals surface area contributed by atoms with Gasteiger partial charge in [-0.2, -0.15) is 0 Å². The van der Waals surface area contributed by atoms with Crippen molar-refractivity contribution in [3.63, 3.8) is 0 Å². The van der Waals surface area contributed by atoms with Crippen molar-refractivity contribution >= 4 is 23.9 Å². The number of rotatable bonds is 13. The largest absolute Gasteiger partial charge is 0.468 e. The second-order valence-corrected chi connectivity index (χ2v) is 10.0. The summed E-state index contributed by atoms with van der Waals surface area (Å²) >= 11 is 0. The van der Waals surface area contributed by atoms with Gasteiger partial charge in [0.05, 0.1) is 13.7 Å². The topological polar surface area (TPSA) is 134 Å². The molecule has 0 aliphatic heterocycles. The molecule has 2 atom stereocenters. The van der Waals surface area contributed by atoms with E-state index in [1.807, 2.05) is 26.0 Å². The summed E-state index contributed by atoms with van der Waals surface area (Å²) in [6.45, 7) is 10.0. The predicted molar refractivity (Wildman–Crippen MR) is 140 cm³/mol. The van der Waals surface area contributed by atoms with Gasteiger partial charge in [0.25, 0.3) is 0 Å². The third-order valence-corrected chi connectivity index (χ3v) is 5.62. The fraction of sp³-hybridized carbons (Fsp3) is 0.630. The van der Waals surface area contributed by atoms with Crippen LogP contribution in [-0.4, -0.2) is 72.3 Å². The summed E-state index contributed by atoms with van der Waals surface area (Å²) in [5, 5.41) is 15.0. The molecule has 0 saturated heterocycles. The first-order chi connectivity index (χ1) is 17.3. The lowest BCUT2D eigenvalue weighted by atomic mass is 9.96. The van der Waals surface area contributed by atoms with E-state index in [9.17, 15) is 24.3 Å². The number of amides is 3. The minimum atomic E-state index is -1.33. The minimum absolute atomic E-state index is 0.203. The Kier molecular flexibility index (Phi) is 13.1. The Labute approximate surface area is 220 Å². The van der Waals surface area contributed by atoms with Crippen molar-refractivity contribution in [3.05, 3.63) is 34.9 Å². The van der Waals surface area contributed by atoms with Gasteiger partial charge in [-0.25, -0.2) is 4.79 Å². The molecule has 3 N–H and O–H groups in total. The molecule has 0 fully saturated rings. The van der Waals surface area contributed by atoms with Crippen LogP contribution in [0.3, 0.4) is 0 Å². The van der Waals surface area contributed by atoms with Gasteiger partial charge in [-0.1, -0.05) is 49.9 Å². The molecule has 37 heavy (non-hydrogen) atoms. The Morgan fingerprint density at radius 1 is 1.08 bits per heavy atom. The van der Waals surface area contributed by atoms with Crippen molar-refractivity contribution in [3.8, 4) is 0 Å². The highest BCUT2D eigenvalue weighted by Crippen LogP contribution is 2.27. The number of benzene rings is 1. The third-order valence-electron chi connectivity index (χ3n) is 5.62. The molecule has 0 heterocycles. The van der Waals surface area contributed by atoms with Gasteiger partial charge in [0.15, 0.2) is 0 Å². The highest BCUT2D eigenvalue weighted by molar-refractivity contribution is 5.93. The smallest absolute Gasteiger partial charge is 0.408 e. The molecule has 2 unspecified atom stereocenters. The van der Waals surface area contributed by atoms with Gasteiger partial charge in [0.2, 0.25) is 11.8 Å². The number of carbonyl (C=O) groups excluding carboxylic acids is 4. The summed E-state index contributed by atoms with van der Waals surface area (Å²) in [7, 11) is 1.22. The molecule has 1 aromatic carbocycles. The number of nitrogens with zero attached hydrogens (tertiary/aromatic N) is 1. The maximum Gasteiger partial charge on any atom is 0.408 e. The molecule has 208 valence electrons. The Morgan fingerprint density at radius 2 is 1.76 bits per heavy atom. The Balaban J connectivity index is 3.45. The van der Waals surface area contributed by atoms with E-state index in [1.54, 1.807) is 26.8 Å². The summed E-state index contributed by atoms with van der Waals surface area (Å²) in [6.07, 6.45) is 2.50. The highest BCUT2D eigenvalue weighted by atomic mass is 16.6. The summed E-state index contributed by atoms with van der Waals surface area (Å²) < 4.78 is 9.89. The van der Waals surface area contributed by atoms with Crippen LogP contribution in [0.15, 0.2) is 18.2 Å². The number of hydrogen-bond donors (Lipinski definition) is 3. The quantitative estimate of drug-likeness (QED) is 0.268. The molecule has 0 aliphatic rings. The fourth-order valence-corrected chi connectivity index (χ4v) is 3.82. The standard InChI is InChI=1S/C27H43N3O7/c1-8-9-10-11-14-30(25(34)21(17-31)29-26(35)37-27(4,5)6)23(24(33)28-16-22(32)36-7)20-13-12-18(2)15-19(20)3/h12-13,15,21,23,31H,8-11,14,16-17H2,1-7H3,(H,28,33)(H,29,35). The molecular weight excluding hydrogens is 478 g/mol. The normalized spacial score (nSPS) is 12.8. The maximum atomic E-state index is 13.8. The van der Waals surface area contributed by atoms with E-state index in [2.05, 4.69) is 22.3 Å². The van der Waals surface area contributed by atoms with Gasteiger partial charge in [0.1, 0.15) is 24.2 Å². The van der Waals surface area contributed by atoms with Gasteiger partial charge in [-0.3, -0.25) is 14.4 Å². The summed E-state index contributed by atoms with van der Waals surface area (Å²) in [5.74, 6) is -1.84. The van der Waals surface area contributed by atoms with Crippen LogP contribution < -0.4 is 10.6 Å². The van der Waals surface area contributed by atoms with Crippen molar-refractivity contribution in [1.82, 2.24) is 15.5 Å². The van der Waals surface area contributed by atoms with Gasteiger partial charge >= 0.3 is 12.1 Å². The van der Waals surface area contributed by atoms with E-state index >= 15 is 0 Å². The number of aliphatic hydroxyl groups is 1. The Morgan fingerprint density at radius 3 is 2.30 bits per heavy atom. The lowest BCUT2D eigenvalue weighted by Gasteiger charge is -2.34. The van der Waals surface area contributed by atoms with E-state index in [-0.39, 0.29) is 13.1 Å². The number of alkyl carbamates (subject to hydrolysis) is 1. The van der Waals surface area contributed by atoms with Crippen LogP contribution in [0.25, 0.3) is 0 Å². The number of esters is 1. The Hall–Kier alpha value is -3.14. The van der Waals surface area contributed by atoms with Gasteiger partial charge in [0, 0.05) is 6.54 Å². The first kappa shape index (κ1) is 31.9. The van der Waals surface area contributed by atoms with Crippen LogP contribution in [0.1, 0.15) is 76.1 Å². The average molecular weight is 522 g/mol. The number of unbranched alkanes of at least 4 members (excludes halogenated alkanes) is 3. The summed E-state index contributed by atoms with van der Waals surface area (Å²) in [6, 6.07) is 3.08. The number of aliphatic hydroxyl groups excluding tert-OH is 1. The van der Waals surface area contributed by atoms with Crippen molar-refractivity contribution in [2.24, 2.45) is 0 Å². The lowest BCUT2D eigenvalue weighted by Crippen LogP contribution is -2.55. The summed E-state index contributed by atoms with van der Waals surface area (Å²) in [4.78, 5) is 52.7. The zero-order chi connectivity index (χ0) is 28.2. The molecule has 0 radical (unpaired) electrons. The van der Waals surface area contributed by atoms with Crippen molar-refractivity contribution < 1.29 is 33.8 Å². The molecule has 1 rings (SSSR count). The fourth-order valence-electron chi connectivity index (χ4n) is 3.82. The van der Waals surface area contributed by atoms with Gasteiger partial charge in [-0.05, 0) is 52.2 Å². The predicted octanol–water partition coefficient (Wildman–Crippen LogP) is 2.93. The number of nitrogens with one attached hydrogen (secondary N) is 2. The molecule has 0 spiro atoms. The molecule has 1 aromatic rings. The van der Waals surface area contributed by atoms with Gasteiger partial charge < -0.3 is 30.1 Å². The van der Waals surface area contributed by atoms with Crippen molar-refractivity contribution in [1.29, 1.82) is 0 Å². The first-order valence-electron chi connectivity index (χ1n) is 12.7. The Bertz CT molecular complexity index is 927. The van der Waals surface area contributed by atoms with Crippen molar-refractivity contribution in [2.45, 2.75) is 84.9 Å². The zero-order valence-electron chi connectivity index (χ0n) is 23.2. The lowest BCUT2D eigenvalue weighted by molar-refractivity contribution is -0.145. The van der Waals surface area contributed by atoms with E-state index in [0.29, 0.717) is 12.0 Å². The average Bonchev–Trinajstić information content (AvgIpc) is 2.82. The molecule has 0 aromatic heterocycles. The number of aryl methyl sites for hydroxylation is 2. The molecule has 0 aliphatic carbocycles. The summed E-state index contributed by atoms with van der Waals surface area (Å²) in [5.41, 5.74) is 1.54. The zero-order valence-corrected chi connectivity index (χ0v) is 23.2. The van der Waals surface area contributed by atoms with Crippen LogP contribution in [0.2, 0.25) is 0 Å². The minimum Gasteiger partial charge on any atom is -0.468 e. The van der Waals surface area contributed by atoms with Crippen LogP contribution in [0.4, 0.5) is 4.79 Å². The number of ether oxygens (including phenoxy) is 2. The number of hydrogen-bond acceptors (Lipinski definition) is 7. The maximum absolute atomic E-state index is 13.8. The van der Waals surface area contributed by atoms with Crippen LogP contribution in [-0.2, 0) is 23.9 Å².